The quantitative estimate of drug-likeness (QED) is 0.491. The van der Waals surface area contributed by atoms with E-state index in [0.717, 1.165) is 5.56 Å². The summed E-state index contributed by atoms with van der Waals surface area (Å²) in [7, 11) is -2.58. The number of ether oxygens (including phenoxy) is 1. The molecular weight excluding hydrogens is 440 g/mol. The monoisotopic (exact) mass is 462 g/mol. The fourth-order valence-corrected chi connectivity index (χ4v) is 5.06. The topological polar surface area (TPSA) is 126 Å². The van der Waals surface area contributed by atoms with E-state index in [4.69, 9.17) is 4.74 Å². The number of fused-ring (bicyclic) bond motifs is 1. The number of aromatic nitrogens is 1. The van der Waals surface area contributed by atoms with E-state index >= 15 is 0 Å². The van der Waals surface area contributed by atoms with Crippen molar-refractivity contribution in [3.05, 3.63) is 35.9 Å². The Morgan fingerprint density at radius 1 is 1.16 bits per heavy atom. The lowest BCUT2D eigenvalue weighted by Gasteiger charge is -2.14. The van der Waals surface area contributed by atoms with Crippen molar-refractivity contribution in [3.63, 3.8) is 0 Å². The average molecular weight is 463 g/mol. The van der Waals surface area contributed by atoms with E-state index < -0.39 is 10.0 Å². The maximum Gasteiger partial charge on any atom is 0.263 e. The molecule has 0 fully saturated rings. The van der Waals surface area contributed by atoms with Crippen LogP contribution < -0.4 is 20.1 Å². The van der Waals surface area contributed by atoms with Gasteiger partial charge in [-0.3, -0.25) is 14.3 Å². The number of sulfonamides is 1. The highest BCUT2D eigenvalue weighted by Crippen LogP contribution is 2.36. The van der Waals surface area contributed by atoms with Crippen molar-refractivity contribution in [1.82, 2.24) is 4.98 Å². The van der Waals surface area contributed by atoms with Crippen molar-refractivity contribution >= 4 is 59.9 Å². The van der Waals surface area contributed by atoms with Crippen LogP contribution in [-0.2, 0) is 19.6 Å². The molecule has 0 radical (unpaired) electrons. The molecule has 0 spiro atoms. The van der Waals surface area contributed by atoms with E-state index in [1.807, 2.05) is 0 Å². The molecule has 1 aromatic heterocycles. The van der Waals surface area contributed by atoms with Gasteiger partial charge in [0.15, 0.2) is 5.13 Å². The molecule has 0 saturated carbocycles. The predicted molar refractivity (Wildman–Crippen MR) is 121 cm³/mol. The zero-order valence-electron chi connectivity index (χ0n) is 17.4. The third kappa shape index (κ3) is 5.12. The summed E-state index contributed by atoms with van der Waals surface area (Å²) in [5, 5.41) is 5.63. The third-order valence-electron chi connectivity index (χ3n) is 4.24. The van der Waals surface area contributed by atoms with Gasteiger partial charge in [0.2, 0.25) is 11.8 Å². The molecule has 3 N–H and O–H groups in total. The Bertz CT molecular complexity index is 1270. The molecule has 31 heavy (non-hydrogen) atoms. The number of hydrogen-bond donors (Lipinski definition) is 3. The number of nitrogens with one attached hydrogen (secondary N) is 3. The van der Waals surface area contributed by atoms with Crippen LogP contribution in [0.4, 0.5) is 16.5 Å². The van der Waals surface area contributed by atoms with Crippen molar-refractivity contribution < 1.29 is 22.7 Å². The van der Waals surface area contributed by atoms with Crippen LogP contribution in [0.5, 0.6) is 5.75 Å². The van der Waals surface area contributed by atoms with Crippen molar-refractivity contribution in [2.24, 2.45) is 0 Å². The predicted octanol–water partition coefficient (Wildman–Crippen LogP) is 3.72. The lowest BCUT2D eigenvalue weighted by molar-refractivity contribution is -0.116. The molecule has 1 heterocycles. The zero-order chi connectivity index (χ0) is 22.8. The maximum atomic E-state index is 13.1. The average Bonchev–Trinajstić information content (AvgIpc) is 3.09. The second-order valence-corrected chi connectivity index (χ2v) is 9.41. The van der Waals surface area contributed by atoms with E-state index in [1.165, 1.54) is 37.5 Å². The highest BCUT2D eigenvalue weighted by Gasteiger charge is 2.21. The van der Waals surface area contributed by atoms with Crippen LogP contribution >= 0.6 is 11.3 Å². The Hall–Kier alpha value is -3.18. The number of carbonyl (C=O) groups excluding carboxylic acids is 2. The third-order valence-corrected chi connectivity index (χ3v) is 6.58. The fraction of sp³-hybridized carbons (Fsp3) is 0.250. The van der Waals surface area contributed by atoms with E-state index in [2.05, 4.69) is 20.3 Å². The van der Waals surface area contributed by atoms with Gasteiger partial charge in [-0.1, -0.05) is 24.3 Å². The number of methoxy groups -OCH3 is 1. The molecule has 0 aliphatic carbocycles. The van der Waals surface area contributed by atoms with Crippen LogP contribution in [-0.4, -0.2) is 32.3 Å². The lowest BCUT2D eigenvalue weighted by atomic mass is 10.2. The molecule has 0 aliphatic heterocycles. The van der Waals surface area contributed by atoms with Gasteiger partial charge >= 0.3 is 0 Å². The van der Waals surface area contributed by atoms with Gasteiger partial charge in [0, 0.05) is 19.4 Å². The summed E-state index contributed by atoms with van der Waals surface area (Å²) in [6.45, 7) is 4.80. The first kappa shape index (κ1) is 22.5. The number of hydrogen-bond acceptors (Lipinski definition) is 7. The highest BCUT2D eigenvalue weighted by atomic mass is 32.2. The van der Waals surface area contributed by atoms with Crippen LogP contribution in [0.3, 0.4) is 0 Å². The maximum absolute atomic E-state index is 13.1. The normalized spacial score (nSPS) is 11.2. The molecule has 2 aromatic carbocycles. The fourth-order valence-electron chi connectivity index (χ4n) is 2.83. The number of aryl methyl sites for hydroxylation is 1. The molecule has 0 aliphatic rings. The van der Waals surface area contributed by atoms with E-state index in [1.54, 1.807) is 32.0 Å². The minimum atomic E-state index is -4.03. The van der Waals surface area contributed by atoms with Crippen molar-refractivity contribution in [1.29, 1.82) is 0 Å². The van der Waals surface area contributed by atoms with Gasteiger partial charge in [-0.2, -0.15) is 0 Å². The summed E-state index contributed by atoms with van der Waals surface area (Å²) < 4.78 is 34.8. The number of amides is 2. The minimum Gasteiger partial charge on any atom is -0.494 e. The molecule has 0 atom stereocenters. The number of nitrogens with zero attached hydrogens (tertiary/aromatic N) is 1. The molecule has 164 valence electrons. The molecule has 2 amide bonds. The Labute approximate surface area is 183 Å². The van der Waals surface area contributed by atoms with Crippen LogP contribution in [0.1, 0.15) is 25.8 Å². The van der Waals surface area contributed by atoms with Gasteiger partial charge in [0.05, 0.1) is 23.2 Å². The number of thiazole rings is 1. The van der Waals surface area contributed by atoms with Crippen molar-refractivity contribution in [3.8, 4) is 5.75 Å². The smallest absolute Gasteiger partial charge is 0.263 e. The standard InChI is InChI=1S/C20H22N4O5S2/c1-5-18(26)22-20-23-19-15(29-4)9-13(10-16(19)30-20)24-31(27,28)17-8-11(2)6-7-14(17)21-12(3)25/h6-10,24H,5H2,1-4H3,(H,21,25)(H,22,23,26). The first-order valence-electron chi connectivity index (χ1n) is 9.32. The van der Waals surface area contributed by atoms with Crippen LogP contribution in [0, 0.1) is 6.92 Å². The second kappa shape index (κ2) is 8.90. The SMILES string of the molecule is CCC(=O)Nc1nc2c(OC)cc(NS(=O)(=O)c3cc(C)ccc3NC(C)=O)cc2s1. The van der Waals surface area contributed by atoms with Gasteiger partial charge in [0.1, 0.15) is 16.2 Å². The Morgan fingerprint density at radius 3 is 2.55 bits per heavy atom. The van der Waals surface area contributed by atoms with Crippen molar-refractivity contribution in [2.45, 2.75) is 32.1 Å². The molecule has 3 rings (SSSR count). The zero-order valence-corrected chi connectivity index (χ0v) is 19.0. The summed E-state index contributed by atoms with van der Waals surface area (Å²) in [6.07, 6.45) is 0.311. The molecule has 11 heteroatoms. The summed E-state index contributed by atoms with van der Waals surface area (Å²) in [4.78, 5) is 27.5. The molecule has 0 unspecified atom stereocenters. The summed E-state index contributed by atoms with van der Waals surface area (Å²) in [5.74, 6) is -0.201. The van der Waals surface area contributed by atoms with Crippen molar-refractivity contribution in [2.75, 3.05) is 22.5 Å². The van der Waals surface area contributed by atoms with Crippen LogP contribution in [0.25, 0.3) is 10.2 Å². The number of benzene rings is 2. The number of carbonyl (C=O) groups is 2. The molecular formula is C20H22N4O5S2. The summed E-state index contributed by atoms with van der Waals surface area (Å²) in [5.41, 5.74) is 1.68. The summed E-state index contributed by atoms with van der Waals surface area (Å²) >= 11 is 1.21. The Morgan fingerprint density at radius 2 is 1.90 bits per heavy atom. The lowest BCUT2D eigenvalue weighted by Crippen LogP contribution is -2.17. The van der Waals surface area contributed by atoms with E-state index in [0.29, 0.717) is 27.5 Å². The van der Waals surface area contributed by atoms with Gasteiger partial charge in [-0.25, -0.2) is 13.4 Å². The van der Waals surface area contributed by atoms with E-state index in [-0.39, 0.29) is 28.1 Å². The van der Waals surface area contributed by atoms with E-state index in [9.17, 15) is 18.0 Å². The van der Waals surface area contributed by atoms with Gasteiger partial charge in [-0.15, -0.1) is 0 Å². The molecule has 3 aromatic rings. The van der Waals surface area contributed by atoms with Gasteiger partial charge < -0.3 is 15.4 Å². The molecule has 0 saturated heterocycles. The number of rotatable bonds is 7. The Balaban J connectivity index is 2.02. The van der Waals surface area contributed by atoms with Crippen LogP contribution in [0.15, 0.2) is 35.2 Å². The second-order valence-electron chi connectivity index (χ2n) is 6.73. The van der Waals surface area contributed by atoms with Crippen LogP contribution in [0.2, 0.25) is 0 Å². The molecule has 9 nitrogen and oxygen atoms in total. The first-order valence-corrected chi connectivity index (χ1v) is 11.6. The van der Waals surface area contributed by atoms with Gasteiger partial charge in [0.25, 0.3) is 10.0 Å². The largest absolute Gasteiger partial charge is 0.494 e. The first-order chi connectivity index (χ1) is 14.6. The van der Waals surface area contributed by atoms with Gasteiger partial charge in [-0.05, 0) is 30.7 Å². The highest BCUT2D eigenvalue weighted by molar-refractivity contribution is 7.92. The Kier molecular flexibility index (Phi) is 6.46. The minimum absolute atomic E-state index is 0.0537. The number of anilines is 3. The molecule has 0 bridgehead atoms. The summed E-state index contributed by atoms with van der Waals surface area (Å²) in [6, 6.07) is 7.86.